The van der Waals surface area contributed by atoms with Gasteiger partial charge in [0, 0.05) is 6.54 Å². The molecule has 0 atom stereocenters. The normalized spacial score (nSPS) is 10.3. The summed E-state index contributed by atoms with van der Waals surface area (Å²) in [7, 11) is 0. The van der Waals surface area contributed by atoms with Crippen molar-refractivity contribution in [3.05, 3.63) is 65.5 Å². The van der Waals surface area contributed by atoms with Gasteiger partial charge in [-0.15, -0.1) is 0 Å². The van der Waals surface area contributed by atoms with Crippen molar-refractivity contribution in [2.45, 2.75) is 19.8 Å². The zero-order valence-electron chi connectivity index (χ0n) is 12.6. The van der Waals surface area contributed by atoms with Gasteiger partial charge in [0.15, 0.2) is 6.61 Å². The van der Waals surface area contributed by atoms with Crippen LogP contribution in [0.5, 0.6) is 5.75 Å². The largest absolute Gasteiger partial charge is 0.483 e. The van der Waals surface area contributed by atoms with Gasteiger partial charge in [-0.3, -0.25) is 4.79 Å². The highest BCUT2D eigenvalue weighted by atomic mass is 19.1. The zero-order chi connectivity index (χ0) is 15.8. The minimum atomic E-state index is -0.245. The summed E-state index contributed by atoms with van der Waals surface area (Å²) in [5.41, 5.74) is 1.67. The smallest absolute Gasteiger partial charge is 0.257 e. The molecule has 0 heterocycles. The zero-order valence-corrected chi connectivity index (χ0v) is 12.6. The second kappa shape index (κ2) is 8.17. The van der Waals surface area contributed by atoms with E-state index in [0.717, 1.165) is 17.7 Å². The van der Waals surface area contributed by atoms with Crippen LogP contribution in [0, 0.1) is 5.82 Å². The van der Waals surface area contributed by atoms with Crippen LogP contribution in [-0.4, -0.2) is 19.1 Å². The van der Waals surface area contributed by atoms with E-state index in [0.29, 0.717) is 18.5 Å². The average Bonchev–Trinajstić information content (AvgIpc) is 2.55. The number of halogens is 1. The Hall–Kier alpha value is -2.36. The van der Waals surface area contributed by atoms with Crippen molar-refractivity contribution in [2.75, 3.05) is 13.2 Å². The Morgan fingerprint density at radius 1 is 1.09 bits per heavy atom. The third-order valence-electron chi connectivity index (χ3n) is 3.39. The summed E-state index contributed by atoms with van der Waals surface area (Å²) in [6, 6.07) is 14.2. The number of ether oxygens (including phenoxy) is 1. The molecule has 0 aliphatic carbocycles. The lowest BCUT2D eigenvalue weighted by molar-refractivity contribution is -0.123. The van der Waals surface area contributed by atoms with Crippen molar-refractivity contribution in [1.82, 2.24) is 5.32 Å². The van der Waals surface area contributed by atoms with E-state index in [1.54, 1.807) is 18.2 Å². The van der Waals surface area contributed by atoms with Crippen LogP contribution in [0.25, 0.3) is 0 Å². The summed E-state index contributed by atoms with van der Waals surface area (Å²) in [6.07, 6.45) is 1.31. The Balaban J connectivity index is 1.75. The first kappa shape index (κ1) is 16.0. The predicted molar refractivity (Wildman–Crippen MR) is 84.4 cm³/mol. The molecule has 1 N–H and O–H groups in total. The van der Waals surface area contributed by atoms with E-state index >= 15 is 0 Å². The van der Waals surface area contributed by atoms with Crippen LogP contribution in [0.3, 0.4) is 0 Å². The van der Waals surface area contributed by atoms with Crippen molar-refractivity contribution in [3.63, 3.8) is 0 Å². The molecule has 0 unspecified atom stereocenters. The number of benzene rings is 2. The number of para-hydroxylation sites is 1. The van der Waals surface area contributed by atoms with Crippen LogP contribution in [-0.2, 0) is 17.6 Å². The Kier molecular flexibility index (Phi) is 5.95. The van der Waals surface area contributed by atoms with Crippen molar-refractivity contribution in [3.8, 4) is 5.75 Å². The Morgan fingerprint density at radius 2 is 1.77 bits per heavy atom. The van der Waals surface area contributed by atoms with E-state index in [1.807, 2.05) is 31.2 Å². The van der Waals surface area contributed by atoms with Gasteiger partial charge in [0.25, 0.3) is 5.91 Å². The molecule has 2 rings (SSSR count). The number of nitrogens with one attached hydrogen (secondary N) is 1. The Bertz CT molecular complexity index is 628. The summed E-state index contributed by atoms with van der Waals surface area (Å²) < 4.78 is 19.0. The summed E-state index contributed by atoms with van der Waals surface area (Å²) in [4.78, 5) is 11.8. The molecule has 0 radical (unpaired) electrons. The molecule has 0 saturated heterocycles. The van der Waals surface area contributed by atoms with Gasteiger partial charge in [0.2, 0.25) is 0 Å². The number of aryl methyl sites for hydroxylation is 1. The third-order valence-corrected chi connectivity index (χ3v) is 3.39. The van der Waals surface area contributed by atoms with E-state index < -0.39 is 0 Å². The number of hydrogen-bond donors (Lipinski definition) is 1. The van der Waals surface area contributed by atoms with Gasteiger partial charge in [0.1, 0.15) is 11.6 Å². The van der Waals surface area contributed by atoms with Gasteiger partial charge >= 0.3 is 0 Å². The van der Waals surface area contributed by atoms with Crippen LogP contribution in [0.2, 0.25) is 0 Å². The van der Waals surface area contributed by atoms with E-state index in [4.69, 9.17) is 4.74 Å². The lowest BCUT2D eigenvalue weighted by Crippen LogP contribution is -2.30. The van der Waals surface area contributed by atoms with Crippen LogP contribution in [0.4, 0.5) is 4.39 Å². The molecule has 1 amide bonds. The van der Waals surface area contributed by atoms with Crippen LogP contribution < -0.4 is 10.1 Å². The molecular weight excluding hydrogens is 281 g/mol. The highest BCUT2D eigenvalue weighted by Crippen LogP contribution is 2.17. The van der Waals surface area contributed by atoms with Gasteiger partial charge in [-0.05, 0) is 36.1 Å². The molecule has 22 heavy (non-hydrogen) atoms. The Labute approximate surface area is 130 Å². The van der Waals surface area contributed by atoms with Gasteiger partial charge in [0.05, 0.1) is 0 Å². The first-order chi connectivity index (χ1) is 10.7. The monoisotopic (exact) mass is 301 g/mol. The lowest BCUT2D eigenvalue weighted by atomic mass is 10.1. The molecule has 0 bridgehead atoms. The van der Waals surface area contributed by atoms with Crippen molar-refractivity contribution in [2.24, 2.45) is 0 Å². The van der Waals surface area contributed by atoms with E-state index in [2.05, 4.69) is 5.32 Å². The number of carbonyl (C=O) groups excluding carboxylic acids is 1. The maximum Gasteiger partial charge on any atom is 0.257 e. The number of rotatable bonds is 7. The van der Waals surface area contributed by atoms with E-state index in [9.17, 15) is 9.18 Å². The molecule has 0 aliphatic rings. The molecule has 0 aliphatic heterocycles. The van der Waals surface area contributed by atoms with Crippen LogP contribution in [0.1, 0.15) is 18.1 Å². The molecule has 116 valence electrons. The molecule has 4 heteroatoms. The predicted octanol–water partition coefficient (Wildman–Crippen LogP) is 3.13. The SMILES string of the molecule is CCc1ccccc1OCC(=O)NCCc1ccccc1F. The third kappa shape index (κ3) is 4.58. The van der Waals surface area contributed by atoms with E-state index in [-0.39, 0.29) is 18.3 Å². The van der Waals surface area contributed by atoms with Crippen molar-refractivity contribution >= 4 is 5.91 Å². The summed E-state index contributed by atoms with van der Waals surface area (Å²) in [5.74, 6) is 0.279. The van der Waals surface area contributed by atoms with Crippen LogP contribution >= 0.6 is 0 Å². The van der Waals surface area contributed by atoms with E-state index in [1.165, 1.54) is 6.07 Å². The number of hydrogen-bond acceptors (Lipinski definition) is 2. The fraction of sp³-hybridized carbons (Fsp3) is 0.278. The topological polar surface area (TPSA) is 38.3 Å². The maximum atomic E-state index is 13.4. The minimum Gasteiger partial charge on any atom is -0.483 e. The molecule has 0 aromatic heterocycles. The van der Waals surface area contributed by atoms with Gasteiger partial charge in [-0.25, -0.2) is 4.39 Å². The maximum absolute atomic E-state index is 13.4. The number of carbonyl (C=O) groups is 1. The molecular formula is C18H20FNO2. The van der Waals surface area contributed by atoms with Crippen molar-refractivity contribution < 1.29 is 13.9 Å². The summed E-state index contributed by atoms with van der Waals surface area (Å²) >= 11 is 0. The van der Waals surface area contributed by atoms with Gasteiger partial charge in [-0.1, -0.05) is 43.3 Å². The first-order valence-corrected chi connectivity index (χ1v) is 7.41. The minimum absolute atomic E-state index is 0.0334. The fourth-order valence-corrected chi connectivity index (χ4v) is 2.17. The highest BCUT2D eigenvalue weighted by molar-refractivity contribution is 5.77. The lowest BCUT2D eigenvalue weighted by Gasteiger charge is -2.10. The molecule has 0 saturated carbocycles. The summed E-state index contributed by atoms with van der Waals surface area (Å²) in [6.45, 7) is 2.39. The Morgan fingerprint density at radius 3 is 2.50 bits per heavy atom. The first-order valence-electron chi connectivity index (χ1n) is 7.41. The van der Waals surface area contributed by atoms with Gasteiger partial charge in [-0.2, -0.15) is 0 Å². The number of amides is 1. The van der Waals surface area contributed by atoms with Gasteiger partial charge < -0.3 is 10.1 Å². The standard InChI is InChI=1S/C18H20FNO2/c1-2-14-7-4-6-10-17(14)22-13-18(21)20-12-11-15-8-3-5-9-16(15)19/h3-10H,2,11-13H2,1H3,(H,20,21). The quantitative estimate of drug-likeness (QED) is 0.853. The fourth-order valence-electron chi connectivity index (χ4n) is 2.17. The molecule has 0 fully saturated rings. The second-order valence-corrected chi connectivity index (χ2v) is 4.94. The molecule has 2 aromatic rings. The average molecular weight is 301 g/mol. The molecule has 3 nitrogen and oxygen atoms in total. The van der Waals surface area contributed by atoms with Crippen LogP contribution in [0.15, 0.2) is 48.5 Å². The molecule has 2 aromatic carbocycles. The molecule has 0 spiro atoms. The summed E-state index contributed by atoms with van der Waals surface area (Å²) in [5, 5.41) is 2.74. The second-order valence-electron chi connectivity index (χ2n) is 4.94. The van der Waals surface area contributed by atoms with Crippen molar-refractivity contribution in [1.29, 1.82) is 0 Å². The highest BCUT2D eigenvalue weighted by Gasteiger charge is 2.06.